The number of hydrogen-bond donors (Lipinski definition) is 1. The molecule has 24 heavy (non-hydrogen) atoms. The van der Waals surface area contributed by atoms with Crippen LogP contribution in [0.2, 0.25) is 0 Å². The smallest absolute Gasteiger partial charge is 0.271 e. The molecule has 0 fully saturated rings. The zero-order chi connectivity index (χ0) is 17.4. The summed E-state index contributed by atoms with van der Waals surface area (Å²) in [5.41, 5.74) is 3.89. The Bertz CT molecular complexity index is 677. The van der Waals surface area contributed by atoms with E-state index >= 15 is 0 Å². The summed E-state index contributed by atoms with van der Waals surface area (Å²) in [6.07, 6.45) is 1.59. The molecule has 126 valence electrons. The summed E-state index contributed by atoms with van der Waals surface area (Å²) in [7, 11) is 1.58. The van der Waals surface area contributed by atoms with Crippen molar-refractivity contribution in [3.8, 4) is 11.5 Å². The molecule has 0 saturated heterocycles. The molecular formula is C19H22N2O3. The van der Waals surface area contributed by atoms with Crippen LogP contribution >= 0.6 is 0 Å². The molecule has 0 aliphatic carbocycles. The second kappa shape index (κ2) is 8.72. The van der Waals surface area contributed by atoms with Crippen molar-refractivity contribution >= 4 is 12.1 Å². The number of methoxy groups -OCH3 is 1. The van der Waals surface area contributed by atoms with Gasteiger partial charge in [0, 0.05) is 5.56 Å². The van der Waals surface area contributed by atoms with Crippen LogP contribution in [0.5, 0.6) is 11.5 Å². The molecular weight excluding hydrogens is 304 g/mol. The van der Waals surface area contributed by atoms with Crippen LogP contribution in [0.4, 0.5) is 0 Å². The zero-order valence-electron chi connectivity index (χ0n) is 14.2. The third kappa shape index (κ3) is 5.43. The van der Waals surface area contributed by atoms with E-state index < -0.39 is 0 Å². The fourth-order valence-corrected chi connectivity index (χ4v) is 1.89. The molecule has 1 N–H and O–H groups in total. The van der Waals surface area contributed by atoms with Gasteiger partial charge in [0.05, 0.1) is 19.9 Å². The lowest BCUT2D eigenvalue weighted by molar-refractivity contribution is 0.0955. The quantitative estimate of drug-likeness (QED) is 0.626. The molecule has 5 nitrogen and oxygen atoms in total. The molecule has 0 radical (unpaired) electrons. The number of carbonyl (C=O) groups excluding carboxylic acids is 1. The molecule has 0 aromatic heterocycles. The van der Waals surface area contributed by atoms with Crippen molar-refractivity contribution in [2.45, 2.75) is 13.8 Å². The summed E-state index contributed by atoms with van der Waals surface area (Å²) in [4.78, 5) is 12.0. The Labute approximate surface area is 142 Å². The Morgan fingerprint density at radius 3 is 2.29 bits per heavy atom. The van der Waals surface area contributed by atoms with Gasteiger partial charge >= 0.3 is 0 Å². The van der Waals surface area contributed by atoms with Gasteiger partial charge in [-0.15, -0.1) is 0 Å². The van der Waals surface area contributed by atoms with Crippen LogP contribution in [0.25, 0.3) is 0 Å². The largest absolute Gasteiger partial charge is 0.497 e. The first-order chi connectivity index (χ1) is 11.6. The van der Waals surface area contributed by atoms with Gasteiger partial charge in [0.15, 0.2) is 0 Å². The number of hydrogen-bond acceptors (Lipinski definition) is 4. The second-order valence-electron chi connectivity index (χ2n) is 5.70. The number of ether oxygens (including phenoxy) is 2. The van der Waals surface area contributed by atoms with Gasteiger partial charge in [-0.05, 0) is 60.0 Å². The average molecular weight is 326 g/mol. The van der Waals surface area contributed by atoms with Crippen LogP contribution in [0.1, 0.15) is 29.8 Å². The molecule has 5 heteroatoms. The Morgan fingerprint density at radius 2 is 1.71 bits per heavy atom. The highest BCUT2D eigenvalue weighted by Gasteiger charge is 2.03. The van der Waals surface area contributed by atoms with E-state index in [2.05, 4.69) is 24.4 Å². The predicted molar refractivity (Wildman–Crippen MR) is 94.8 cm³/mol. The first kappa shape index (κ1) is 17.5. The van der Waals surface area contributed by atoms with Gasteiger partial charge in [-0.3, -0.25) is 4.79 Å². The molecule has 0 aliphatic heterocycles. The van der Waals surface area contributed by atoms with Crippen molar-refractivity contribution in [1.29, 1.82) is 0 Å². The minimum atomic E-state index is -0.272. The third-order valence-electron chi connectivity index (χ3n) is 3.20. The summed E-state index contributed by atoms with van der Waals surface area (Å²) in [5.74, 6) is 1.74. The Morgan fingerprint density at radius 1 is 1.08 bits per heavy atom. The summed E-state index contributed by atoms with van der Waals surface area (Å²) < 4.78 is 10.7. The lowest BCUT2D eigenvalue weighted by atomic mass is 10.2. The van der Waals surface area contributed by atoms with E-state index in [1.54, 1.807) is 37.6 Å². The van der Waals surface area contributed by atoms with E-state index in [1.807, 2.05) is 24.3 Å². The van der Waals surface area contributed by atoms with Crippen LogP contribution < -0.4 is 14.9 Å². The maximum atomic E-state index is 12.0. The fourth-order valence-electron chi connectivity index (χ4n) is 1.89. The molecule has 1 amide bonds. The molecule has 2 aromatic carbocycles. The minimum absolute atomic E-state index is 0.272. The lowest BCUT2D eigenvalue weighted by Gasteiger charge is -2.08. The second-order valence-corrected chi connectivity index (χ2v) is 5.70. The van der Waals surface area contributed by atoms with Crippen LogP contribution in [0.3, 0.4) is 0 Å². The predicted octanol–water partition coefficient (Wildman–Crippen LogP) is 3.49. The molecule has 0 heterocycles. The topological polar surface area (TPSA) is 59.9 Å². The number of amides is 1. The van der Waals surface area contributed by atoms with Crippen LogP contribution in [0, 0.1) is 5.92 Å². The SMILES string of the molecule is COc1ccc(C(=O)N/N=C/c2ccc(OCC(C)C)cc2)cc1. The van der Waals surface area contributed by atoms with Gasteiger partial charge in [-0.1, -0.05) is 13.8 Å². The van der Waals surface area contributed by atoms with Crippen molar-refractivity contribution in [3.63, 3.8) is 0 Å². The highest BCUT2D eigenvalue weighted by molar-refractivity contribution is 5.95. The summed E-state index contributed by atoms with van der Waals surface area (Å²) in [6, 6.07) is 14.4. The number of nitrogens with one attached hydrogen (secondary N) is 1. The molecule has 0 spiro atoms. The fraction of sp³-hybridized carbons (Fsp3) is 0.263. The van der Waals surface area contributed by atoms with Gasteiger partial charge in [0.25, 0.3) is 5.91 Å². The van der Waals surface area contributed by atoms with Crippen molar-refractivity contribution in [2.24, 2.45) is 11.0 Å². The molecule has 2 aromatic rings. The van der Waals surface area contributed by atoms with E-state index in [9.17, 15) is 4.79 Å². The minimum Gasteiger partial charge on any atom is -0.497 e. The third-order valence-corrected chi connectivity index (χ3v) is 3.20. The Kier molecular flexibility index (Phi) is 6.37. The number of carbonyl (C=O) groups is 1. The van der Waals surface area contributed by atoms with Crippen LogP contribution in [-0.4, -0.2) is 25.8 Å². The van der Waals surface area contributed by atoms with Crippen LogP contribution in [0.15, 0.2) is 53.6 Å². The van der Waals surface area contributed by atoms with Crippen LogP contribution in [-0.2, 0) is 0 Å². The summed E-state index contributed by atoms with van der Waals surface area (Å²) in [5, 5.41) is 3.97. The van der Waals surface area contributed by atoms with E-state index in [0.717, 1.165) is 11.3 Å². The highest BCUT2D eigenvalue weighted by Crippen LogP contribution is 2.13. The summed E-state index contributed by atoms with van der Waals surface area (Å²) >= 11 is 0. The van der Waals surface area contributed by atoms with Gasteiger partial charge in [0.1, 0.15) is 11.5 Å². The Hall–Kier alpha value is -2.82. The number of nitrogens with zero attached hydrogens (tertiary/aromatic N) is 1. The maximum Gasteiger partial charge on any atom is 0.271 e. The van der Waals surface area contributed by atoms with Gasteiger partial charge in [-0.2, -0.15) is 5.10 Å². The first-order valence-corrected chi connectivity index (χ1v) is 7.79. The van der Waals surface area contributed by atoms with Crippen molar-refractivity contribution in [2.75, 3.05) is 13.7 Å². The molecule has 2 rings (SSSR count). The number of rotatable bonds is 7. The van der Waals surface area contributed by atoms with Crippen molar-refractivity contribution < 1.29 is 14.3 Å². The van der Waals surface area contributed by atoms with Gasteiger partial charge < -0.3 is 9.47 Å². The average Bonchev–Trinajstić information content (AvgIpc) is 2.61. The van der Waals surface area contributed by atoms with Gasteiger partial charge in [0.2, 0.25) is 0 Å². The molecule has 0 atom stereocenters. The molecule has 0 bridgehead atoms. The van der Waals surface area contributed by atoms with Crippen molar-refractivity contribution in [1.82, 2.24) is 5.43 Å². The maximum absolute atomic E-state index is 12.0. The molecule has 0 aliphatic rings. The van der Waals surface area contributed by atoms with Gasteiger partial charge in [-0.25, -0.2) is 5.43 Å². The number of hydrazone groups is 1. The van der Waals surface area contributed by atoms with E-state index in [1.165, 1.54) is 0 Å². The standard InChI is InChI=1S/C19H22N2O3/c1-14(2)13-24-18-8-4-15(5-9-18)12-20-21-19(22)16-6-10-17(23-3)11-7-16/h4-12,14H,13H2,1-3H3,(H,21,22)/b20-12+. The lowest BCUT2D eigenvalue weighted by Crippen LogP contribution is -2.17. The summed E-state index contributed by atoms with van der Waals surface area (Å²) in [6.45, 7) is 4.89. The van der Waals surface area contributed by atoms with E-state index in [4.69, 9.17) is 9.47 Å². The highest BCUT2D eigenvalue weighted by atomic mass is 16.5. The Balaban J connectivity index is 1.87. The van der Waals surface area contributed by atoms with Crippen molar-refractivity contribution in [3.05, 3.63) is 59.7 Å². The number of benzene rings is 2. The normalized spacial score (nSPS) is 10.8. The first-order valence-electron chi connectivity index (χ1n) is 7.79. The zero-order valence-corrected chi connectivity index (χ0v) is 14.2. The molecule has 0 saturated carbocycles. The van der Waals surface area contributed by atoms with E-state index in [-0.39, 0.29) is 5.91 Å². The molecule has 0 unspecified atom stereocenters. The monoisotopic (exact) mass is 326 g/mol. The van der Waals surface area contributed by atoms with E-state index in [0.29, 0.717) is 23.8 Å².